The lowest BCUT2D eigenvalue weighted by Crippen LogP contribution is -2.36. The molecule has 0 aliphatic rings. The molecule has 0 aromatic heterocycles. The Hall–Kier alpha value is -0.820. The van der Waals surface area contributed by atoms with Gasteiger partial charge in [-0.2, -0.15) is 12.7 Å². The van der Waals surface area contributed by atoms with Gasteiger partial charge in [0.1, 0.15) is 5.75 Å². The van der Waals surface area contributed by atoms with Crippen molar-refractivity contribution in [2.45, 2.75) is 13.3 Å². The minimum atomic E-state index is -3.39. The molecule has 0 spiro atoms. The summed E-state index contributed by atoms with van der Waals surface area (Å²) in [5.74, 6) is 0.732. The van der Waals surface area contributed by atoms with Crippen molar-refractivity contribution in [3.8, 4) is 5.75 Å². The van der Waals surface area contributed by atoms with E-state index in [-0.39, 0.29) is 0 Å². The van der Waals surface area contributed by atoms with Crippen molar-refractivity contribution < 1.29 is 13.2 Å². The Morgan fingerprint density at radius 3 is 2.63 bits per heavy atom. The smallest absolute Gasteiger partial charge is 0.278 e. The fourth-order valence-electron chi connectivity index (χ4n) is 1.48. The lowest BCUT2D eigenvalue weighted by Gasteiger charge is -2.14. The van der Waals surface area contributed by atoms with Crippen molar-refractivity contribution in [1.82, 2.24) is 9.03 Å². The molecule has 1 rings (SSSR count). The van der Waals surface area contributed by atoms with Crippen LogP contribution in [-0.2, 0) is 16.6 Å². The topological polar surface area (TPSA) is 58.6 Å². The van der Waals surface area contributed by atoms with E-state index in [2.05, 4.69) is 4.72 Å². The summed E-state index contributed by atoms with van der Waals surface area (Å²) in [6.07, 6.45) is 0.517. The maximum absolute atomic E-state index is 11.6. The van der Waals surface area contributed by atoms with Crippen LogP contribution in [-0.4, -0.2) is 40.0 Å². The van der Waals surface area contributed by atoms with E-state index in [9.17, 15) is 8.42 Å². The second-order valence-electron chi connectivity index (χ2n) is 4.12. The van der Waals surface area contributed by atoms with E-state index in [1.807, 2.05) is 6.92 Å². The second-order valence-corrected chi connectivity index (χ2v) is 6.52. The van der Waals surface area contributed by atoms with Gasteiger partial charge >= 0.3 is 0 Å². The molecule has 0 saturated carbocycles. The maximum atomic E-state index is 11.6. The zero-order chi connectivity index (χ0) is 14.5. The molecule has 0 aliphatic carbocycles. The van der Waals surface area contributed by atoms with Crippen molar-refractivity contribution in [3.63, 3.8) is 0 Å². The van der Waals surface area contributed by atoms with Gasteiger partial charge in [-0.05, 0) is 37.1 Å². The van der Waals surface area contributed by atoms with Gasteiger partial charge in [0.25, 0.3) is 10.2 Å². The average Bonchev–Trinajstić information content (AvgIpc) is 2.32. The van der Waals surface area contributed by atoms with E-state index in [0.717, 1.165) is 15.6 Å². The summed E-state index contributed by atoms with van der Waals surface area (Å²) in [4.78, 5) is 0. The fraction of sp³-hybridized carbons (Fsp3) is 0.500. The molecule has 0 unspecified atom stereocenters. The summed E-state index contributed by atoms with van der Waals surface area (Å²) >= 11 is 5.93. The van der Waals surface area contributed by atoms with Crippen LogP contribution in [0.25, 0.3) is 0 Å². The third-order valence-electron chi connectivity index (χ3n) is 2.48. The number of halogens is 1. The molecule has 108 valence electrons. The molecule has 1 aromatic rings. The molecule has 7 heteroatoms. The van der Waals surface area contributed by atoms with Gasteiger partial charge in [-0.25, -0.2) is 4.72 Å². The predicted molar refractivity (Wildman–Crippen MR) is 76.9 cm³/mol. The zero-order valence-corrected chi connectivity index (χ0v) is 12.9. The van der Waals surface area contributed by atoms with Crippen LogP contribution in [0.4, 0.5) is 0 Å². The van der Waals surface area contributed by atoms with Crippen molar-refractivity contribution >= 4 is 21.8 Å². The summed E-state index contributed by atoms with van der Waals surface area (Å²) in [5, 5.41) is 0.605. The normalized spacial score (nSPS) is 11.8. The SMILES string of the molecule is CCOc1ccc(Cl)cc1CCNS(=O)(=O)N(C)C. The Morgan fingerprint density at radius 1 is 1.37 bits per heavy atom. The van der Waals surface area contributed by atoms with Crippen LogP contribution in [0.1, 0.15) is 12.5 Å². The van der Waals surface area contributed by atoms with Crippen molar-refractivity contribution in [1.29, 1.82) is 0 Å². The number of benzene rings is 1. The Kier molecular flexibility index (Phi) is 6.06. The van der Waals surface area contributed by atoms with Gasteiger partial charge in [-0.15, -0.1) is 0 Å². The minimum absolute atomic E-state index is 0.293. The van der Waals surface area contributed by atoms with Gasteiger partial charge in [0.2, 0.25) is 0 Å². The molecular weight excluding hydrogens is 288 g/mol. The van der Waals surface area contributed by atoms with Crippen molar-refractivity contribution in [3.05, 3.63) is 28.8 Å². The molecular formula is C12H19ClN2O3S. The predicted octanol–water partition coefficient (Wildman–Crippen LogP) is 1.68. The standard InChI is InChI=1S/C12H19ClN2O3S/c1-4-18-12-6-5-11(13)9-10(12)7-8-14-19(16,17)15(2)3/h5-6,9,14H,4,7-8H2,1-3H3. The first-order valence-electron chi connectivity index (χ1n) is 5.95. The highest BCUT2D eigenvalue weighted by molar-refractivity contribution is 7.87. The van der Waals surface area contributed by atoms with Gasteiger partial charge in [0.15, 0.2) is 0 Å². The van der Waals surface area contributed by atoms with Crippen LogP contribution < -0.4 is 9.46 Å². The Balaban J connectivity index is 2.69. The molecule has 1 aromatic carbocycles. The Bertz CT molecular complexity index is 518. The summed E-state index contributed by atoms with van der Waals surface area (Å²) < 4.78 is 32.2. The van der Waals surface area contributed by atoms with Crippen LogP contribution in [0.5, 0.6) is 5.75 Å². The molecule has 0 bridgehead atoms. The van der Waals surface area contributed by atoms with Crippen LogP contribution in [0.15, 0.2) is 18.2 Å². The quantitative estimate of drug-likeness (QED) is 0.834. The lowest BCUT2D eigenvalue weighted by molar-refractivity contribution is 0.336. The first kappa shape index (κ1) is 16.2. The van der Waals surface area contributed by atoms with Crippen LogP contribution >= 0.6 is 11.6 Å². The highest BCUT2D eigenvalue weighted by Crippen LogP contribution is 2.23. The molecule has 0 amide bonds. The molecule has 1 N–H and O–H groups in total. The number of nitrogens with zero attached hydrogens (tertiary/aromatic N) is 1. The van der Waals surface area contributed by atoms with E-state index in [1.165, 1.54) is 14.1 Å². The van der Waals surface area contributed by atoms with Gasteiger partial charge in [-0.3, -0.25) is 0 Å². The van der Waals surface area contributed by atoms with E-state index in [0.29, 0.717) is 24.6 Å². The largest absolute Gasteiger partial charge is 0.494 e. The monoisotopic (exact) mass is 306 g/mol. The molecule has 0 aliphatic heterocycles. The number of ether oxygens (including phenoxy) is 1. The molecule has 0 radical (unpaired) electrons. The highest BCUT2D eigenvalue weighted by atomic mass is 35.5. The van der Waals surface area contributed by atoms with E-state index < -0.39 is 10.2 Å². The number of nitrogens with one attached hydrogen (secondary N) is 1. The summed E-state index contributed by atoms with van der Waals surface area (Å²) in [6, 6.07) is 5.33. The van der Waals surface area contributed by atoms with Crippen molar-refractivity contribution in [2.24, 2.45) is 0 Å². The Morgan fingerprint density at radius 2 is 2.05 bits per heavy atom. The second kappa shape index (κ2) is 7.09. The Labute approximate surface area is 119 Å². The first-order chi connectivity index (χ1) is 8.86. The molecule has 5 nitrogen and oxygen atoms in total. The van der Waals surface area contributed by atoms with Gasteiger partial charge in [-0.1, -0.05) is 11.6 Å². The maximum Gasteiger partial charge on any atom is 0.278 e. The van der Waals surface area contributed by atoms with E-state index in [1.54, 1.807) is 18.2 Å². The molecule has 0 fully saturated rings. The van der Waals surface area contributed by atoms with Gasteiger partial charge < -0.3 is 4.74 Å². The molecule has 0 atom stereocenters. The lowest BCUT2D eigenvalue weighted by atomic mass is 10.1. The minimum Gasteiger partial charge on any atom is -0.494 e. The molecule has 0 heterocycles. The summed E-state index contributed by atoms with van der Waals surface area (Å²) in [7, 11) is -0.435. The summed E-state index contributed by atoms with van der Waals surface area (Å²) in [6.45, 7) is 2.74. The zero-order valence-electron chi connectivity index (χ0n) is 11.3. The molecule has 19 heavy (non-hydrogen) atoms. The van der Waals surface area contributed by atoms with Crippen LogP contribution in [0.2, 0.25) is 5.02 Å². The highest BCUT2D eigenvalue weighted by Gasteiger charge is 2.12. The van der Waals surface area contributed by atoms with Gasteiger partial charge in [0, 0.05) is 25.7 Å². The van der Waals surface area contributed by atoms with E-state index in [4.69, 9.17) is 16.3 Å². The summed E-state index contributed by atoms with van der Waals surface area (Å²) in [5.41, 5.74) is 0.885. The van der Waals surface area contributed by atoms with Crippen LogP contribution in [0.3, 0.4) is 0 Å². The number of rotatable bonds is 7. The first-order valence-corrected chi connectivity index (χ1v) is 7.77. The number of hydrogen-bond acceptors (Lipinski definition) is 3. The van der Waals surface area contributed by atoms with Gasteiger partial charge in [0.05, 0.1) is 6.61 Å². The van der Waals surface area contributed by atoms with Crippen LogP contribution in [0, 0.1) is 0 Å². The van der Waals surface area contributed by atoms with E-state index >= 15 is 0 Å². The van der Waals surface area contributed by atoms with Crippen molar-refractivity contribution in [2.75, 3.05) is 27.2 Å². The molecule has 0 saturated heterocycles. The fourth-order valence-corrected chi connectivity index (χ4v) is 2.30. The number of hydrogen-bond donors (Lipinski definition) is 1. The average molecular weight is 307 g/mol. The third-order valence-corrected chi connectivity index (χ3v) is 4.25. The third kappa shape index (κ3) is 4.99.